The van der Waals surface area contributed by atoms with E-state index in [4.69, 9.17) is 9.47 Å². The van der Waals surface area contributed by atoms with E-state index in [1.54, 1.807) is 26.4 Å². The number of aromatic amines is 1. The molecule has 0 fully saturated rings. The van der Waals surface area contributed by atoms with Crippen LogP contribution in [0.1, 0.15) is 23.6 Å². The van der Waals surface area contributed by atoms with Gasteiger partial charge in [-0.15, -0.1) is 10.2 Å². The molecular weight excluding hydrogens is 524 g/mol. The van der Waals surface area contributed by atoms with Crippen molar-refractivity contribution in [3.8, 4) is 34.1 Å². The number of thioether (sulfide) groups is 1. The lowest BCUT2D eigenvalue weighted by Crippen LogP contribution is -2.03. The standard InChI is InChI=1S/C31H30N4O4S/c1-6-35-29(21-14-22(38-4)16-23(15-21)39-5)33-34-31(35)40-26(30(36)37)17-25-24-13-18(2)12-19(3)27(24)32-28(25)20-10-8-7-9-11-20/h7-17,32H,6H2,1-5H3,(H,36,37)/b26-17-. The summed E-state index contributed by atoms with van der Waals surface area (Å²) in [6.07, 6.45) is 1.73. The minimum atomic E-state index is -1.04. The van der Waals surface area contributed by atoms with Crippen molar-refractivity contribution in [1.29, 1.82) is 0 Å². The highest BCUT2D eigenvalue weighted by atomic mass is 32.2. The number of methoxy groups -OCH3 is 2. The minimum Gasteiger partial charge on any atom is -0.497 e. The van der Waals surface area contributed by atoms with Gasteiger partial charge in [-0.25, -0.2) is 4.79 Å². The number of benzene rings is 3. The Labute approximate surface area is 236 Å². The second kappa shape index (κ2) is 11.3. The van der Waals surface area contributed by atoms with Crippen molar-refractivity contribution in [2.75, 3.05) is 14.2 Å². The van der Waals surface area contributed by atoms with Crippen molar-refractivity contribution in [2.45, 2.75) is 32.5 Å². The topological polar surface area (TPSA) is 102 Å². The molecule has 0 aliphatic carbocycles. The Bertz CT molecular complexity index is 1720. The molecule has 5 rings (SSSR count). The highest BCUT2D eigenvalue weighted by Gasteiger charge is 2.21. The number of H-pyrrole nitrogens is 1. The van der Waals surface area contributed by atoms with Gasteiger partial charge in [0.25, 0.3) is 0 Å². The fourth-order valence-corrected chi connectivity index (χ4v) is 5.69. The van der Waals surface area contributed by atoms with Gasteiger partial charge in [-0.2, -0.15) is 0 Å². The van der Waals surface area contributed by atoms with Gasteiger partial charge in [0.1, 0.15) is 16.4 Å². The van der Waals surface area contributed by atoms with Crippen molar-refractivity contribution >= 4 is 34.7 Å². The summed E-state index contributed by atoms with van der Waals surface area (Å²) in [6, 6.07) is 19.6. The number of aliphatic carboxylic acids is 1. The van der Waals surface area contributed by atoms with Gasteiger partial charge in [-0.05, 0) is 67.9 Å². The highest BCUT2D eigenvalue weighted by molar-refractivity contribution is 8.04. The molecule has 2 N–H and O–H groups in total. The number of nitrogens with zero attached hydrogens (tertiary/aromatic N) is 3. The van der Waals surface area contributed by atoms with Crippen LogP contribution in [-0.2, 0) is 11.3 Å². The molecular formula is C31H30N4O4S. The maximum atomic E-state index is 12.6. The first-order chi connectivity index (χ1) is 19.3. The first kappa shape index (κ1) is 27.1. The van der Waals surface area contributed by atoms with E-state index in [0.717, 1.165) is 56.2 Å². The minimum absolute atomic E-state index is 0.133. The fraction of sp³-hybridized carbons (Fsp3) is 0.194. The number of aromatic nitrogens is 4. The normalized spacial score (nSPS) is 11.7. The number of hydrogen-bond acceptors (Lipinski definition) is 6. The van der Waals surface area contributed by atoms with Gasteiger partial charge in [0.2, 0.25) is 0 Å². The number of fused-ring (bicyclic) bond motifs is 1. The van der Waals surface area contributed by atoms with E-state index in [1.165, 1.54) is 0 Å². The van der Waals surface area contributed by atoms with E-state index < -0.39 is 5.97 Å². The molecule has 204 valence electrons. The van der Waals surface area contributed by atoms with Crippen molar-refractivity contribution < 1.29 is 19.4 Å². The molecule has 0 saturated carbocycles. The average molecular weight is 555 g/mol. The predicted molar refractivity (Wildman–Crippen MR) is 159 cm³/mol. The Morgan fingerprint density at radius 1 is 1.00 bits per heavy atom. The summed E-state index contributed by atoms with van der Waals surface area (Å²) < 4.78 is 12.7. The molecule has 0 unspecified atom stereocenters. The molecule has 0 amide bonds. The number of hydrogen-bond donors (Lipinski definition) is 2. The Hall–Kier alpha value is -4.50. The largest absolute Gasteiger partial charge is 0.497 e. The molecule has 0 spiro atoms. The molecule has 5 aromatic rings. The van der Waals surface area contributed by atoms with Gasteiger partial charge in [-0.3, -0.25) is 0 Å². The van der Waals surface area contributed by atoms with Crippen LogP contribution in [0.15, 0.2) is 70.7 Å². The third kappa shape index (κ3) is 5.20. The molecule has 3 aromatic carbocycles. The number of carboxylic acid groups (broad SMARTS) is 1. The maximum absolute atomic E-state index is 12.6. The molecule has 0 bridgehead atoms. The quantitative estimate of drug-likeness (QED) is 0.150. The van der Waals surface area contributed by atoms with Crippen LogP contribution in [0.2, 0.25) is 0 Å². The van der Waals surface area contributed by atoms with Gasteiger partial charge < -0.3 is 24.1 Å². The Morgan fingerprint density at radius 3 is 2.33 bits per heavy atom. The van der Waals surface area contributed by atoms with Gasteiger partial charge in [0, 0.05) is 34.6 Å². The van der Waals surface area contributed by atoms with Crippen molar-refractivity contribution in [2.24, 2.45) is 0 Å². The van der Waals surface area contributed by atoms with Crippen LogP contribution >= 0.6 is 11.8 Å². The molecule has 0 radical (unpaired) electrons. The summed E-state index contributed by atoms with van der Waals surface area (Å²) in [5.74, 6) is 0.797. The van der Waals surface area contributed by atoms with Crippen molar-refractivity contribution in [1.82, 2.24) is 19.7 Å². The number of carboxylic acids is 1. The molecule has 2 aromatic heterocycles. The first-order valence-electron chi connectivity index (χ1n) is 12.8. The smallest absolute Gasteiger partial charge is 0.342 e. The van der Waals surface area contributed by atoms with Crippen molar-refractivity contribution in [3.63, 3.8) is 0 Å². The second-order valence-corrected chi connectivity index (χ2v) is 10.4. The zero-order valence-electron chi connectivity index (χ0n) is 23.0. The van der Waals surface area contributed by atoms with E-state index in [9.17, 15) is 9.90 Å². The SMILES string of the molecule is CCn1c(S/C(=C\c2c(-c3ccccc3)[nH]c3c(C)cc(C)cc23)C(=O)O)nnc1-c1cc(OC)cc(OC)c1. The summed E-state index contributed by atoms with van der Waals surface area (Å²) in [4.78, 5) is 16.3. The molecule has 0 aliphatic rings. The third-order valence-electron chi connectivity index (χ3n) is 6.68. The zero-order chi connectivity index (χ0) is 28.4. The van der Waals surface area contributed by atoms with Crippen LogP contribution < -0.4 is 9.47 Å². The zero-order valence-corrected chi connectivity index (χ0v) is 23.8. The third-order valence-corrected chi connectivity index (χ3v) is 7.68. The second-order valence-electron chi connectivity index (χ2n) is 9.35. The van der Waals surface area contributed by atoms with E-state index in [1.807, 2.05) is 60.9 Å². The summed E-state index contributed by atoms with van der Waals surface area (Å²) in [7, 11) is 3.18. The number of ether oxygens (including phenoxy) is 2. The fourth-order valence-electron chi connectivity index (χ4n) is 4.82. The van der Waals surface area contributed by atoms with Crippen LogP contribution in [0.4, 0.5) is 0 Å². The molecule has 8 nitrogen and oxygen atoms in total. The monoisotopic (exact) mass is 554 g/mol. The number of rotatable bonds is 9. The molecule has 40 heavy (non-hydrogen) atoms. The van der Waals surface area contributed by atoms with Crippen LogP contribution in [0.3, 0.4) is 0 Å². The summed E-state index contributed by atoms with van der Waals surface area (Å²) >= 11 is 1.08. The van der Waals surface area contributed by atoms with E-state index in [0.29, 0.717) is 29.0 Å². The van der Waals surface area contributed by atoms with Gasteiger partial charge in [0.05, 0.1) is 19.9 Å². The van der Waals surface area contributed by atoms with Crippen LogP contribution in [0.5, 0.6) is 11.5 Å². The number of aryl methyl sites for hydroxylation is 2. The lowest BCUT2D eigenvalue weighted by atomic mass is 10.0. The Kier molecular flexibility index (Phi) is 7.66. The predicted octanol–water partition coefficient (Wildman–Crippen LogP) is 6.97. The van der Waals surface area contributed by atoms with Crippen LogP contribution in [-0.4, -0.2) is 45.0 Å². The van der Waals surface area contributed by atoms with E-state index in [-0.39, 0.29) is 4.91 Å². The van der Waals surface area contributed by atoms with Crippen LogP contribution in [0, 0.1) is 13.8 Å². The number of nitrogens with one attached hydrogen (secondary N) is 1. The molecule has 9 heteroatoms. The number of carbonyl (C=O) groups is 1. The van der Waals surface area contributed by atoms with E-state index in [2.05, 4.69) is 34.2 Å². The molecule has 2 heterocycles. The maximum Gasteiger partial charge on any atom is 0.342 e. The lowest BCUT2D eigenvalue weighted by Gasteiger charge is -2.10. The van der Waals surface area contributed by atoms with Crippen molar-refractivity contribution in [3.05, 3.63) is 82.3 Å². The summed E-state index contributed by atoms with van der Waals surface area (Å²) in [5, 5.41) is 20.5. The first-order valence-corrected chi connectivity index (χ1v) is 13.6. The Balaban J connectivity index is 1.63. The molecule has 0 atom stereocenters. The Morgan fingerprint density at radius 2 is 1.70 bits per heavy atom. The summed E-state index contributed by atoms with van der Waals surface area (Å²) in [5.41, 5.74) is 6.60. The van der Waals surface area contributed by atoms with E-state index >= 15 is 0 Å². The average Bonchev–Trinajstić information content (AvgIpc) is 3.54. The lowest BCUT2D eigenvalue weighted by molar-refractivity contribution is -0.131. The van der Waals surface area contributed by atoms with Crippen LogP contribution in [0.25, 0.3) is 39.6 Å². The van der Waals surface area contributed by atoms with Gasteiger partial charge in [0.15, 0.2) is 11.0 Å². The van der Waals surface area contributed by atoms with Gasteiger partial charge >= 0.3 is 5.97 Å². The highest BCUT2D eigenvalue weighted by Crippen LogP contribution is 2.38. The molecule has 0 aliphatic heterocycles. The molecule has 0 saturated heterocycles. The summed E-state index contributed by atoms with van der Waals surface area (Å²) in [6.45, 7) is 6.61. The van der Waals surface area contributed by atoms with Gasteiger partial charge in [-0.1, -0.05) is 42.0 Å².